The highest BCUT2D eigenvalue weighted by atomic mass is 35.5. The van der Waals surface area contributed by atoms with Gasteiger partial charge in [0.2, 0.25) is 0 Å². The fourth-order valence-electron chi connectivity index (χ4n) is 1.93. The van der Waals surface area contributed by atoms with Crippen LogP contribution in [0.15, 0.2) is 36.4 Å². The van der Waals surface area contributed by atoms with Crippen LogP contribution in [0.5, 0.6) is 5.75 Å². The molecule has 2 nitrogen and oxygen atoms in total. The van der Waals surface area contributed by atoms with Crippen LogP contribution in [0.4, 0.5) is 5.69 Å². The molecule has 0 fully saturated rings. The van der Waals surface area contributed by atoms with Gasteiger partial charge in [0.1, 0.15) is 5.75 Å². The molecular weight excluding hydrogens is 281 g/mol. The summed E-state index contributed by atoms with van der Waals surface area (Å²) in [5.74, 6) is 0.768. The molecule has 1 N–H and O–H groups in total. The van der Waals surface area contributed by atoms with E-state index in [0.717, 1.165) is 22.6 Å². The molecule has 0 aliphatic carbocycles. The third-order valence-electron chi connectivity index (χ3n) is 2.96. The molecule has 2 aromatic rings. The highest BCUT2D eigenvalue weighted by Gasteiger charge is 2.09. The standard InChI is InChI=1S/C15H15Cl2NO/c1-10-5-3-7-13(17)15(10)18-9-11-12(16)6-4-8-14(11)19-2/h3-8,18H,9H2,1-2H3. The maximum atomic E-state index is 6.20. The predicted molar refractivity (Wildman–Crippen MR) is 81.5 cm³/mol. The quantitative estimate of drug-likeness (QED) is 0.864. The molecule has 2 aromatic carbocycles. The Hall–Kier alpha value is -1.38. The zero-order valence-corrected chi connectivity index (χ0v) is 12.3. The van der Waals surface area contributed by atoms with Gasteiger partial charge in [-0.2, -0.15) is 0 Å². The lowest BCUT2D eigenvalue weighted by Crippen LogP contribution is -2.04. The Labute approximate surface area is 123 Å². The van der Waals surface area contributed by atoms with Crippen LogP contribution in [0.25, 0.3) is 0 Å². The Morgan fingerprint density at radius 1 is 1.05 bits per heavy atom. The molecule has 0 saturated carbocycles. The average molecular weight is 296 g/mol. The number of ether oxygens (including phenoxy) is 1. The zero-order valence-electron chi connectivity index (χ0n) is 10.8. The largest absolute Gasteiger partial charge is 0.496 e. The fourth-order valence-corrected chi connectivity index (χ4v) is 2.46. The van der Waals surface area contributed by atoms with Crippen molar-refractivity contribution in [2.45, 2.75) is 13.5 Å². The minimum Gasteiger partial charge on any atom is -0.496 e. The van der Waals surface area contributed by atoms with Gasteiger partial charge < -0.3 is 10.1 Å². The SMILES string of the molecule is COc1cccc(Cl)c1CNc1c(C)cccc1Cl. The van der Waals surface area contributed by atoms with Crippen LogP contribution in [0.2, 0.25) is 10.0 Å². The lowest BCUT2D eigenvalue weighted by atomic mass is 10.1. The predicted octanol–water partition coefficient (Wildman–Crippen LogP) is 4.92. The lowest BCUT2D eigenvalue weighted by molar-refractivity contribution is 0.410. The van der Waals surface area contributed by atoms with Gasteiger partial charge in [-0.1, -0.05) is 41.4 Å². The fraction of sp³-hybridized carbons (Fsp3) is 0.200. The van der Waals surface area contributed by atoms with Crippen molar-refractivity contribution in [2.24, 2.45) is 0 Å². The van der Waals surface area contributed by atoms with E-state index >= 15 is 0 Å². The molecule has 0 saturated heterocycles. The minimum atomic E-state index is 0.563. The van der Waals surface area contributed by atoms with Crippen molar-refractivity contribution in [3.63, 3.8) is 0 Å². The monoisotopic (exact) mass is 295 g/mol. The molecule has 0 amide bonds. The van der Waals surface area contributed by atoms with E-state index in [-0.39, 0.29) is 0 Å². The third-order valence-corrected chi connectivity index (χ3v) is 3.63. The summed E-state index contributed by atoms with van der Waals surface area (Å²) in [6.07, 6.45) is 0. The van der Waals surface area contributed by atoms with Gasteiger partial charge in [-0.15, -0.1) is 0 Å². The van der Waals surface area contributed by atoms with E-state index in [2.05, 4.69) is 5.32 Å². The lowest BCUT2D eigenvalue weighted by Gasteiger charge is -2.14. The van der Waals surface area contributed by atoms with Crippen LogP contribution >= 0.6 is 23.2 Å². The summed E-state index contributed by atoms with van der Waals surface area (Å²) in [4.78, 5) is 0. The number of benzene rings is 2. The zero-order chi connectivity index (χ0) is 13.8. The van der Waals surface area contributed by atoms with E-state index in [9.17, 15) is 0 Å². The van der Waals surface area contributed by atoms with Crippen molar-refractivity contribution in [2.75, 3.05) is 12.4 Å². The first-order valence-corrected chi connectivity index (χ1v) is 6.69. The summed E-state index contributed by atoms with van der Waals surface area (Å²) in [6.45, 7) is 2.57. The molecule has 0 radical (unpaired) electrons. The number of aryl methyl sites for hydroxylation is 1. The molecule has 0 atom stereocenters. The van der Waals surface area contributed by atoms with Crippen LogP contribution < -0.4 is 10.1 Å². The van der Waals surface area contributed by atoms with Gasteiger partial charge in [0.05, 0.1) is 17.8 Å². The highest BCUT2D eigenvalue weighted by Crippen LogP contribution is 2.30. The minimum absolute atomic E-state index is 0.563. The van der Waals surface area contributed by atoms with Gasteiger partial charge >= 0.3 is 0 Å². The summed E-state index contributed by atoms with van der Waals surface area (Å²) in [6, 6.07) is 11.4. The van der Waals surface area contributed by atoms with Crippen molar-refractivity contribution < 1.29 is 4.74 Å². The Bertz CT molecular complexity index is 564. The van der Waals surface area contributed by atoms with Gasteiger partial charge in [0.15, 0.2) is 0 Å². The third kappa shape index (κ3) is 3.14. The van der Waals surface area contributed by atoms with E-state index in [0.29, 0.717) is 16.6 Å². The number of para-hydroxylation sites is 1. The number of nitrogens with one attached hydrogen (secondary N) is 1. The second-order valence-corrected chi connectivity index (χ2v) is 5.02. The summed E-state index contributed by atoms with van der Waals surface area (Å²) >= 11 is 12.4. The van der Waals surface area contributed by atoms with E-state index in [1.807, 2.05) is 43.3 Å². The molecule has 19 heavy (non-hydrogen) atoms. The van der Waals surface area contributed by atoms with Gasteiger partial charge in [-0.25, -0.2) is 0 Å². The first kappa shape index (κ1) is 14.0. The first-order chi connectivity index (χ1) is 9.13. The van der Waals surface area contributed by atoms with Crippen molar-refractivity contribution in [1.82, 2.24) is 0 Å². The number of hydrogen-bond acceptors (Lipinski definition) is 2. The molecule has 0 unspecified atom stereocenters. The van der Waals surface area contributed by atoms with Crippen LogP contribution in [-0.4, -0.2) is 7.11 Å². The number of anilines is 1. The molecule has 0 bridgehead atoms. The maximum Gasteiger partial charge on any atom is 0.125 e. The van der Waals surface area contributed by atoms with Crippen LogP contribution in [0, 0.1) is 6.92 Å². The van der Waals surface area contributed by atoms with E-state index < -0.39 is 0 Å². The summed E-state index contributed by atoms with van der Waals surface area (Å²) < 4.78 is 5.32. The Balaban J connectivity index is 2.24. The van der Waals surface area contributed by atoms with E-state index in [1.54, 1.807) is 7.11 Å². The molecule has 0 heterocycles. The second kappa shape index (κ2) is 6.18. The van der Waals surface area contributed by atoms with Crippen LogP contribution in [-0.2, 0) is 6.54 Å². The Morgan fingerprint density at radius 2 is 1.74 bits per heavy atom. The smallest absolute Gasteiger partial charge is 0.125 e. The van der Waals surface area contributed by atoms with Crippen LogP contribution in [0.3, 0.4) is 0 Å². The van der Waals surface area contributed by atoms with E-state index in [1.165, 1.54) is 0 Å². The van der Waals surface area contributed by atoms with Crippen molar-refractivity contribution in [3.8, 4) is 5.75 Å². The Kier molecular flexibility index (Phi) is 4.56. The first-order valence-electron chi connectivity index (χ1n) is 5.94. The van der Waals surface area contributed by atoms with Crippen molar-refractivity contribution in [3.05, 3.63) is 57.6 Å². The maximum absolute atomic E-state index is 6.20. The van der Waals surface area contributed by atoms with E-state index in [4.69, 9.17) is 27.9 Å². The molecular formula is C15H15Cl2NO. The number of halogens is 2. The average Bonchev–Trinajstić information content (AvgIpc) is 2.39. The number of methoxy groups -OCH3 is 1. The normalized spacial score (nSPS) is 10.3. The topological polar surface area (TPSA) is 21.3 Å². The number of rotatable bonds is 4. The Morgan fingerprint density at radius 3 is 2.42 bits per heavy atom. The molecule has 0 aliphatic rings. The highest BCUT2D eigenvalue weighted by molar-refractivity contribution is 6.33. The van der Waals surface area contributed by atoms with Gasteiger partial charge in [-0.3, -0.25) is 0 Å². The van der Waals surface area contributed by atoms with Gasteiger partial charge in [0, 0.05) is 17.1 Å². The molecule has 4 heteroatoms. The summed E-state index contributed by atoms with van der Waals surface area (Å²) in [5.41, 5.74) is 2.94. The molecule has 0 aromatic heterocycles. The van der Waals surface area contributed by atoms with Crippen molar-refractivity contribution in [1.29, 1.82) is 0 Å². The molecule has 0 aliphatic heterocycles. The van der Waals surface area contributed by atoms with Crippen LogP contribution in [0.1, 0.15) is 11.1 Å². The molecule has 100 valence electrons. The molecule has 0 spiro atoms. The molecule has 2 rings (SSSR count). The number of hydrogen-bond donors (Lipinski definition) is 1. The summed E-state index contributed by atoms with van der Waals surface area (Å²) in [7, 11) is 1.63. The summed E-state index contributed by atoms with van der Waals surface area (Å²) in [5, 5.41) is 4.69. The van der Waals surface area contributed by atoms with Gasteiger partial charge in [0.25, 0.3) is 0 Å². The second-order valence-electron chi connectivity index (χ2n) is 4.21. The van der Waals surface area contributed by atoms with Crippen molar-refractivity contribution >= 4 is 28.9 Å². The van der Waals surface area contributed by atoms with Gasteiger partial charge in [-0.05, 0) is 30.7 Å².